The molecule has 27 heavy (non-hydrogen) atoms. The van der Waals surface area contributed by atoms with Gasteiger partial charge in [0.15, 0.2) is 0 Å². The molecule has 3 rings (SSSR count). The van der Waals surface area contributed by atoms with E-state index in [-0.39, 0.29) is 32.1 Å². The Morgan fingerprint density at radius 1 is 0.926 bits per heavy atom. The van der Waals surface area contributed by atoms with E-state index in [9.17, 15) is 27.9 Å². The van der Waals surface area contributed by atoms with Gasteiger partial charge in [-0.25, -0.2) is 0 Å². The second kappa shape index (κ2) is 6.84. The number of carbonyl (C=O) groups is 2. The number of hydrogen-bond donors (Lipinski definition) is 1. The van der Waals surface area contributed by atoms with Crippen LogP contribution in [0.5, 0.6) is 0 Å². The van der Waals surface area contributed by atoms with Gasteiger partial charge in [0.25, 0.3) is 11.8 Å². The van der Waals surface area contributed by atoms with Crippen molar-refractivity contribution in [3.63, 3.8) is 0 Å². The Bertz CT molecular complexity index is 872. The summed E-state index contributed by atoms with van der Waals surface area (Å²) >= 11 is 0. The molecule has 1 heterocycles. The minimum atomic E-state index is -5.05. The number of amides is 2. The molecular formula is C19H19F3N2O3. The fourth-order valence-corrected chi connectivity index (χ4v) is 3.05. The molecule has 1 aliphatic heterocycles. The summed E-state index contributed by atoms with van der Waals surface area (Å²) in [5.41, 5.74) is -2.95. The first-order valence-electron chi connectivity index (χ1n) is 8.48. The SMILES string of the molecule is CC(O)(C(=O)N1CCN(C(=O)c2ccc3ccccc3c2)CC1)C(F)(F)F. The highest BCUT2D eigenvalue weighted by molar-refractivity contribution is 5.98. The molecule has 1 N–H and O–H groups in total. The van der Waals surface area contributed by atoms with Crippen molar-refractivity contribution in [2.24, 2.45) is 0 Å². The number of fused-ring (bicyclic) bond motifs is 1. The monoisotopic (exact) mass is 380 g/mol. The summed E-state index contributed by atoms with van der Waals surface area (Å²) in [4.78, 5) is 27.1. The third kappa shape index (κ3) is 3.62. The number of piperazine rings is 1. The van der Waals surface area contributed by atoms with E-state index < -0.39 is 17.7 Å². The topological polar surface area (TPSA) is 60.9 Å². The zero-order chi connectivity index (χ0) is 19.8. The Hall–Kier alpha value is -2.61. The van der Waals surface area contributed by atoms with E-state index in [1.165, 1.54) is 4.90 Å². The van der Waals surface area contributed by atoms with Crippen molar-refractivity contribution in [1.29, 1.82) is 0 Å². The van der Waals surface area contributed by atoms with Gasteiger partial charge in [-0.3, -0.25) is 9.59 Å². The van der Waals surface area contributed by atoms with Gasteiger partial charge in [0.1, 0.15) is 0 Å². The molecule has 0 saturated carbocycles. The fourth-order valence-electron chi connectivity index (χ4n) is 3.05. The van der Waals surface area contributed by atoms with E-state index in [2.05, 4.69) is 0 Å². The minimum absolute atomic E-state index is 0.0651. The lowest BCUT2D eigenvalue weighted by Gasteiger charge is -2.38. The molecule has 2 amide bonds. The first-order valence-corrected chi connectivity index (χ1v) is 8.48. The standard InChI is InChI=1S/C19H19F3N2O3/c1-18(27,19(20,21)22)17(26)24-10-8-23(9-11-24)16(25)15-7-6-13-4-2-3-5-14(13)12-15/h2-7,12,27H,8-11H2,1H3. The molecular weight excluding hydrogens is 361 g/mol. The summed E-state index contributed by atoms with van der Waals surface area (Å²) in [5.74, 6) is -1.64. The molecule has 0 spiro atoms. The van der Waals surface area contributed by atoms with Gasteiger partial charge >= 0.3 is 6.18 Å². The summed E-state index contributed by atoms with van der Waals surface area (Å²) in [6.45, 7) is 0.521. The van der Waals surface area contributed by atoms with Crippen molar-refractivity contribution < 1.29 is 27.9 Å². The second-order valence-corrected chi connectivity index (χ2v) is 6.72. The average Bonchev–Trinajstić information content (AvgIpc) is 2.65. The van der Waals surface area contributed by atoms with Crippen molar-refractivity contribution in [3.05, 3.63) is 48.0 Å². The first-order chi connectivity index (χ1) is 12.6. The maximum Gasteiger partial charge on any atom is 0.426 e. The maximum absolute atomic E-state index is 12.8. The number of nitrogens with zero attached hydrogens (tertiary/aromatic N) is 2. The predicted molar refractivity (Wildman–Crippen MR) is 93.1 cm³/mol. The van der Waals surface area contributed by atoms with Crippen LogP contribution in [0.3, 0.4) is 0 Å². The number of halogens is 3. The molecule has 0 radical (unpaired) electrons. The van der Waals surface area contributed by atoms with Gasteiger partial charge in [-0.1, -0.05) is 30.3 Å². The normalized spacial score (nSPS) is 17.7. The molecule has 1 fully saturated rings. The highest BCUT2D eigenvalue weighted by Gasteiger charge is 2.57. The Morgan fingerprint density at radius 3 is 2.07 bits per heavy atom. The summed E-state index contributed by atoms with van der Waals surface area (Å²) in [5, 5.41) is 11.4. The van der Waals surface area contributed by atoms with Gasteiger partial charge in [0.05, 0.1) is 0 Å². The molecule has 8 heteroatoms. The average molecular weight is 380 g/mol. The number of rotatable bonds is 2. The molecule has 5 nitrogen and oxygen atoms in total. The quantitative estimate of drug-likeness (QED) is 0.871. The molecule has 1 aliphatic rings. The molecule has 1 atom stereocenters. The summed E-state index contributed by atoms with van der Waals surface area (Å²) in [6, 6.07) is 12.9. The lowest BCUT2D eigenvalue weighted by atomic mass is 10.0. The molecule has 1 saturated heterocycles. The summed E-state index contributed by atoms with van der Waals surface area (Å²) in [7, 11) is 0. The highest BCUT2D eigenvalue weighted by atomic mass is 19.4. The summed E-state index contributed by atoms with van der Waals surface area (Å²) < 4.78 is 38.5. The van der Waals surface area contributed by atoms with Crippen LogP contribution in [0.4, 0.5) is 13.2 Å². The molecule has 1 unspecified atom stereocenters. The highest BCUT2D eigenvalue weighted by Crippen LogP contribution is 2.32. The van der Waals surface area contributed by atoms with Gasteiger partial charge in [-0.15, -0.1) is 0 Å². The van der Waals surface area contributed by atoms with Gasteiger partial charge in [-0.05, 0) is 29.8 Å². The van der Waals surface area contributed by atoms with Gasteiger partial charge in [0, 0.05) is 31.7 Å². The summed E-state index contributed by atoms with van der Waals surface area (Å²) in [6.07, 6.45) is -5.05. The van der Waals surface area contributed by atoms with Crippen LogP contribution in [0, 0.1) is 0 Å². The minimum Gasteiger partial charge on any atom is -0.373 e. The van der Waals surface area contributed by atoms with Gasteiger partial charge in [0.2, 0.25) is 5.60 Å². The third-order valence-electron chi connectivity index (χ3n) is 4.82. The largest absolute Gasteiger partial charge is 0.426 e. The van der Waals surface area contributed by atoms with Crippen LogP contribution in [-0.2, 0) is 4.79 Å². The Labute approximate surface area is 154 Å². The van der Waals surface area contributed by atoms with Crippen LogP contribution in [0.1, 0.15) is 17.3 Å². The number of hydrogen-bond acceptors (Lipinski definition) is 3. The smallest absolute Gasteiger partial charge is 0.373 e. The zero-order valence-corrected chi connectivity index (χ0v) is 14.7. The van der Waals surface area contributed by atoms with Crippen molar-refractivity contribution in [1.82, 2.24) is 9.80 Å². The van der Waals surface area contributed by atoms with Crippen LogP contribution >= 0.6 is 0 Å². The van der Waals surface area contributed by atoms with Gasteiger partial charge < -0.3 is 14.9 Å². The lowest BCUT2D eigenvalue weighted by Crippen LogP contribution is -2.60. The zero-order valence-electron chi connectivity index (χ0n) is 14.7. The molecule has 2 aromatic carbocycles. The maximum atomic E-state index is 12.8. The number of carbonyl (C=O) groups excluding carboxylic acids is 2. The predicted octanol–water partition coefficient (Wildman–Crippen LogP) is 2.44. The third-order valence-corrected chi connectivity index (χ3v) is 4.82. The van der Waals surface area contributed by atoms with Gasteiger partial charge in [-0.2, -0.15) is 13.2 Å². The second-order valence-electron chi connectivity index (χ2n) is 6.72. The Balaban J connectivity index is 1.68. The Morgan fingerprint density at radius 2 is 1.48 bits per heavy atom. The van der Waals surface area contributed by atoms with Crippen molar-refractivity contribution in [2.75, 3.05) is 26.2 Å². The molecule has 0 aromatic heterocycles. The molecule has 0 bridgehead atoms. The molecule has 144 valence electrons. The van der Waals surface area contributed by atoms with Crippen LogP contribution in [0.25, 0.3) is 10.8 Å². The fraction of sp³-hybridized carbons (Fsp3) is 0.368. The van der Waals surface area contributed by atoms with Crippen LogP contribution in [0.15, 0.2) is 42.5 Å². The number of alkyl halides is 3. The molecule has 2 aromatic rings. The van der Waals surface area contributed by atoms with Crippen LogP contribution in [-0.4, -0.2) is 64.7 Å². The van der Waals surface area contributed by atoms with E-state index >= 15 is 0 Å². The lowest BCUT2D eigenvalue weighted by molar-refractivity contribution is -0.250. The number of aliphatic hydroxyl groups is 1. The Kier molecular flexibility index (Phi) is 4.86. The first kappa shape index (κ1) is 19.2. The molecule has 0 aliphatic carbocycles. The van der Waals surface area contributed by atoms with E-state index in [0.29, 0.717) is 12.5 Å². The van der Waals surface area contributed by atoms with E-state index in [1.54, 1.807) is 12.1 Å². The van der Waals surface area contributed by atoms with Crippen LogP contribution < -0.4 is 0 Å². The van der Waals surface area contributed by atoms with Crippen molar-refractivity contribution in [2.45, 2.75) is 18.7 Å². The van der Waals surface area contributed by atoms with Crippen molar-refractivity contribution in [3.8, 4) is 0 Å². The van der Waals surface area contributed by atoms with E-state index in [4.69, 9.17) is 0 Å². The van der Waals surface area contributed by atoms with E-state index in [0.717, 1.165) is 15.7 Å². The van der Waals surface area contributed by atoms with Crippen molar-refractivity contribution >= 4 is 22.6 Å². The number of benzene rings is 2. The van der Waals surface area contributed by atoms with Crippen LogP contribution in [0.2, 0.25) is 0 Å². The van der Waals surface area contributed by atoms with E-state index in [1.807, 2.05) is 30.3 Å².